The van der Waals surface area contributed by atoms with Crippen molar-refractivity contribution in [2.24, 2.45) is 21.5 Å². The predicted octanol–water partition coefficient (Wildman–Crippen LogP) is -2.64. The summed E-state index contributed by atoms with van der Waals surface area (Å²) in [4.78, 5) is 16.8. The lowest BCUT2D eigenvalue weighted by Gasteiger charge is -2.23. The van der Waals surface area contributed by atoms with Crippen LogP contribution < -0.4 is 22.1 Å². The predicted molar refractivity (Wildman–Crippen MR) is 37.8 cm³/mol. The van der Waals surface area contributed by atoms with E-state index in [2.05, 4.69) is 20.6 Å². The van der Waals surface area contributed by atoms with Gasteiger partial charge < -0.3 is 11.1 Å². The molecule has 2 atom stereocenters. The molecule has 1 aliphatic heterocycles. The summed E-state index contributed by atoms with van der Waals surface area (Å²) in [5.74, 6) is 0.153. The Morgan fingerprint density at radius 3 is 3.00 bits per heavy atom. The lowest BCUT2D eigenvalue weighted by Crippen LogP contribution is -2.58. The van der Waals surface area contributed by atoms with Crippen LogP contribution in [0.2, 0.25) is 0 Å². The monoisotopic (exact) mass is 156 g/mol. The van der Waals surface area contributed by atoms with Crippen LogP contribution in [-0.2, 0) is 4.79 Å². The minimum atomic E-state index is -0.627. The fraction of sp³-hybridized carbons (Fsp3) is 0.500. The molecule has 0 aromatic carbocycles. The number of isocyanates is 1. The first kappa shape index (κ1) is 7.67. The first-order chi connectivity index (χ1) is 5.22. The minimum Gasteiger partial charge on any atom is -0.370 e. The molecule has 6 N–H and O–H groups in total. The van der Waals surface area contributed by atoms with Crippen molar-refractivity contribution in [3.63, 3.8) is 0 Å². The highest BCUT2D eigenvalue weighted by molar-refractivity contribution is 5.78. The smallest absolute Gasteiger partial charge is 0.238 e. The molecule has 1 rings (SSSR count). The highest BCUT2D eigenvalue weighted by Crippen LogP contribution is 1.88. The minimum absolute atomic E-state index is 0.153. The van der Waals surface area contributed by atoms with Gasteiger partial charge in [0.15, 0.2) is 18.5 Å². The van der Waals surface area contributed by atoms with Gasteiger partial charge in [-0.15, -0.1) is 0 Å². The molecule has 0 saturated heterocycles. The third-order valence-corrected chi connectivity index (χ3v) is 1.07. The van der Waals surface area contributed by atoms with E-state index in [1.807, 2.05) is 0 Å². The zero-order valence-corrected chi connectivity index (χ0v) is 5.61. The van der Waals surface area contributed by atoms with Gasteiger partial charge in [0.1, 0.15) is 0 Å². The van der Waals surface area contributed by atoms with Crippen molar-refractivity contribution in [2.45, 2.75) is 12.6 Å². The van der Waals surface area contributed by atoms with Crippen molar-refractivity contribution >= 4 is 12.0 Å². The first-order valence-electron chi connectivity index (χ1n) is 2.91. The van der Waals surface area contributed by atoms with Crippen molar-refractivity contribution in [3.05, 3.63) is 0 Å². The average molecular weight is 156 g/mol. The van der Waals surface area contributed by atoms with E-state index in [1.165, 1.54) is 6.08 Å². The lowest BCUT2D eigenvalue weighted by molar-refractivity contribution is 0.404. The molecule has 7 heteroatoms. The van der Waals surface area contributed by atoms with Crippen molar-refractivity contribution in [1.29, 1.82) is 0 Å². The van der Waals surface area contributed by atoms with E-state index in [4.69, 9.17) is 11.5 Å². The van der Waals surface area contributed by atoms with Gasteiger partial charge in [-0.05, 0) is 0 Å². The molecule has 7 nitrogen and oxygen atoms in total. The zero-order valence-electron chi connectivity index (χ0n) is 5.61. The molecule has 1 aliphatic rings. The summed E-state index contributed by atoms with van der Waals surface area (Å²) in [6, 6.07) is 0. The molecule has 0 aromatic heterocycles. The summed E-state index contributed by atoms with van der Waals surface area (Å²) in [7, 11) is 0. The quantitative estimate of drug-likeness (QED) is 0.244. The molecule has 1 heterocycles. The maximum atomic E-state index is 9.79. The fourth-order valence-corrected chi connectivity index (χ4v) is 0.690. The van der Waals surface area contributed by atoms with Crippen LogP contribution in [0, 0.1) is 0 Å². The van der Waals surface area contributed by atoms with Crippen LogP contribution in [-0.4, -0.2) is 24.6 Å². The highest BCUT2D eigenvalue weighted by Gasteiger charge is 2.15. The Hall–Kier alpha value is -1.43. The van der Waals surface area contributed by atoms with Gasteiger partial charge in [0.2, 0.25) is 6.08 Å². The van der Waals surface area contributed by atoms with Crippen LogP contribution in [0.1, 0.15) is 0 Å². The number of hydrogen-bond acceptors (Lipinski definition) is 7. The molecule has 0 aliphatic carbocycles. The summed E-state index contributed by atoms with van der Waals surface area (Å²) in [5.41, 5.74) is 10.6. The second kappa shape index (κ2) is 3.11. The number of nitrogens with zero attached hydrogens (tertiary/aromatic N) is 2. The molecule has 0 bridgehead atoms. The molecule has 60 valence electrons. The normalized spacial score (nSPS) is 29.7. The Bertz CT molecular complexity index is 219. The van der Waals surface area contributed by atoms with Crippen LogP contribution in [0.3, 0.4) is 0 Å². The Balaban J connectivity index is 2.63. The number of hydrogen-bond donors (Lipinski definition) is 4. The summed E-state index contributed by atoms with van der Waals surface area (Å²) in [5, 5.41) is 5.17. The molecule has 0 saturated carbocycles. The van der Waals surface area contributed by atoms with E-state index in [-0.39, 0.29) is 5.96 Å². The van der Waals surface area contributed by atoms with Crippen molar-refractivity contribution in [3.8, 4) is 0 Å². The first-order valence-corrected chi connectivity index (χ1v) is 2.91. The van der Waals surface area contributed by atoms with Crippen LogP contribution in [0.5, 0.6) is 0 Å². The average Bonchev–Trinajstić information content (AvgIpc) is 1.85. The number of nitrogens with two attached hydrogens (primary N) is 2. The third-order valence-electron chi connectivity index (χ3n) is 1.07. The topological polar surface area (TPSA) is 118 Å². The van der Waals surface area contributed by atoms with Crippen molar-refractivity contribution in [1.82, 2.24) is 10.6 Å². The Morgan fingerprint density at radius 2 is 2.45 bits per heavy atom. The van der Waals surface area contributed by atoms with E-state index < -0.39 is 12.6 Å². The molecular formula is C4H8N6O. The Kier molecular flexibility index (Phi) is 2.17. The second-order valence-corrected chi connectivity index (χ2v) is 1.89. The standard InChI is InChI=1S/C4H8N6O/c5-2-8-3(6)10-4(9-2)7-1-11/h2,4,9H,5H2,(H3,6,8,10). The van der Waals surface area contributed by atoms with E-state index in [1.54, 1.807) is 0 Å². The van der Waals surface area contributed by atoms with Crippen LogP contribution in [0.4, 0.5) is 0 Å². The number of aliphatic imine (C=N–C) groups is 2. The van der Waals surface area contributed by atoms with E-state index in [9.17, 15) is 4.79 Å². The summed E-state index contributed by atoms with van der Waals surface area (Å²) >= 11 is 0. The molecule has 0 spiro atoms. The lowest BCUT2D eigenvalue weighted by atomic mass is 10.6. The molecule has 0 amide bonds. The second-order valence-electron chi connectivity index (χ2n) is 1.89. The van der Waals surface area contributed by atoms with Gasteiger partial charge in [0, 0.05) is 0 Å². The Labute approximate surface area is 62.6 Å². The van der Waals surface area contributed by atoms with E-state index in [0.717, 1.165) is 0 Å². The zero-order chi connectivity index (χ0) is 8.27. The van der Waals surface area contributed by atoms with E-state index in [0.29, 0.717) is 0 Å². The van der Waals surface area contributed by atoms with Gasteiger partial charge in [-0.2, -0.15) is 4.99 Å². The van der Waals surface area contributed by atoms with Gasteiger partial charge in [0.25, 0.3) is 0 Å². The molecular weight excluding hydrogens is 148 g/mol. The van der Waals surface area contributed by atoms with Gasteiger partial charge in [-0.3, -0.25) is 5.73 Å². The molecule has 0 aromatic rings. The number of rotatable bonds is 1. The maximum Gasteiger partial charge on any atom is 0.238 e. The molecule has 2 unspecified atom stereocenters. The van der Waals surface area contributed by atoms with Crippen LogP contribution in [0.25, 0.3) is 0 Å². The molecule has 11 heavy (non-hydrogen) atoms. The SMILES string of the molecule is NC1=NC(N)NC(N=C=O)N1. The van der Waals surface area contributed by atoms with Gasteiger partial charge >= 0.3 is 0 Å². The molecule has 0 fully saturated rings. The largest absolute Gasteiger partial charge is 0.370 e. The van der Waals surface area contributed by atoms with Crippen molar-refractivity contribution < 1.29 is 4.79 Å². The molecule has 0 radical (unpaired) electrons. The summed E-state index contributed by atoms with van der Waals surface area (Å²) in [6.45, 7) is 0. The maximum absolute atomic E-state index is 9.79. The van der Waals surface area contributed by atoms with Gasteiger partial charge in [0.05, 0.1) is 0 Å². The van der Waals surface area contributed by atoms with Gasteiger partial charge in [-0.1, -0.05) is 0 Å². The van der Waals surface area contributed by atoms with Crippen LogP contribution in [0.15, 0.2) is 9.98 Å². The summed E-state index contributed by atoms with van der Waals surface area (Å²) < 4.78 is 0. The fourth-order valence-electron chi connectivity index (χ4n) is 0.690. The number of guanidine groups is 1. The highest BCUT2D eigenvalue weighted by atomic mass is 16.1. The van der Waals surface area contributed by atoms with Gasteiger partial charge in [-0.25, -0.2) is 15.1 Å². The number of nitrogens with one attached hydrogen (secondary N) is 2. The Morgan fingerprint density at radius 1 is 1.73 bits per heavy atom. The van der Waals surface area contributed by atoms with Crippen molar-refractivity contribution in [2.75, 3.05) is 0 Å². The third kappa shape index (κ3) is 2.01. The van der Waals surface area contributed by atoms with E-state index >= 15 is 0 Å². The summed E-state index contributed by atoms with van der Waals surface area (Å²) in [6.07, 6.45) is 0.111. The number of carbonyl (C=O) groups excluding carboxylic acids is 1. The van der Waals surface area contributed by atoms with Crippen LogP contribution >= 0.6 is 0 Å².